The highest BCUT2D eigenvalue weighted by Crippen LogP contribution is 2.40. The summed E-state index contributed by atoms with van der Waals surface area (Å²) in [4.78, 5) is 0. The molecule has 3 heteroatoms. The summed E-state index contributed by atoms with van der Waals surface area (Å²) in [6, 6.07) is 6.24. The Hall–Kier alpha value is -0.880. The first-order valence-corrected chi connectivity index (χ1v) is 5.41. The van der Waals surface area contributed by atoms with Gasteiger partial charge >= 0.3 is 0 Å². The summed E-state index contributed by atoms with van der Waals surface area (Å²) >= 11 is 1.77. The number of hydrogen-bond acceptors (Lipinski definition) is 3. The molecule has 0 spiro atoms. The van der Waals surface area contributed by atoms with Crippen molar-refractivity contribution in [1.29, 1.82) is 5.26 Å². The maximum Gasteiger partial charge on any atom is 0.109 e. The Balaban J connectivity index is 2.11. The molecule has 13 heavy (non-hydrogen) atoms. The van der Waals surface area contributed by atoms with Crippen molar-refractivity contribution < 1.29 is 4.42 Å². The van der Waals surface area contributed by atoms with Gasteiger partial charge < -0.3 is 4.42 Å². The third-order valence-electron chi connectivity index (χ3n) is 2.35. The van der Waals surface area contributed by atoms with Gasteiger partial charge in [-0.05, 0) is 30.7 Å². The second kappa shape index (κ2) is 3.47. The number of thioether (sulfide) groups is 1. The molecule has 0 bridgehead atoms. The van der Waals surface area contributed by atoms with Crippen molar-refractivity contribution in [2.45, 2.75) is 24.0 Å². The minimum atomic E-state index is -0.210. The lowest BCUT2D eigenvalue weighted by Crippen LogP contribution is -2.21. The van der Waals surface area contributed by atoms with E-state index < -0.39 is 0 Å². The average Bonchev–Trinajstić information content (AvgIpc) is 2.77. The van der Waals surface area contributed by atoms with E-state index in [1.807, 2.05) is 12.1 Å². The first-order valence-electron chi connectivity index (χ1n) is 4.42. The van der Waals surface area contributed by atoms with Gasteiger partial charge in [0.2, 0.25) is 0 Å². The van der Waals surface area contributed by atoms with E-state index in [1.165, 1.54) is 0 Å². The molecule has 68 valence electrons. The van der Waals surface area contributed by atoms with Gasteiger partial charge in [-0.3, -0.25) is 0 Å². The fraction of sp³-hybridized carbons (Fsp3) is 0.500. The van der Waals surface area contributed by atoms with Gasteiger partial charge in [0.25, 0.3) is 0 Å². The van der Waals surface area contributed by atoms with Crippen molar-refractivity contribution >= 4 is 11.8 Å². The van der Waals surface area contributed by atoms with Gasteiger partial charge in [-0.15, -0.1) is 11.8 Å². The molecule has 1 aliphatic rings. The summed E-state index contributed by atoms with van der Waals surface area (Å²) in [5, 5.41) is 9.10. The van der Waals surface area contributed by atoms with Crippen molar-refractivity contribution in [2.75, 3.05) is 5.75 Å². The smallest absolute Gasteiger partial charge is 0.109 e. The van der Waals surface area contributed by atoms with E-state index in [2.05, 4.69) is 6.07 Å². The Morgan fingerprint density at radius 3 is 3.15 bits per heavy atom. The zero-order valence-corrected chi connectivity index (χ0v) is 8.14. The molecule has 0 aliphatic carbocycles. The zero-order chi connectivity index (χ0) is 9.15. The highest BCUT2D eigenvalue weighted by molar-refractivity contribution is 8.01. The molecular formula is C10H11NOS. The highest BCUT2D eigenvalue weighted by Gasteiger charge is 2.35. The van der Waals surface area contributed by atoms with Crippen LogP contribution in [0.4, 0.5) is 0 Å². The van der Waals surface area contributed by atoms with E-state index in [-0.39, 0.29) is 4.75 Å². The van der Waals surface area contributed by atoms with E-state index in [0.717, 1.165) is 30.8 Å². The maximum absolute atomic E-state index is 9.10. The predicted octanol–water partition coefficient (Wildman–Crippen LogP) is 2.61. The summed E-state index contributed by atoms with van der Waals surface area (Å²) in [6.07, 6.45) is 4.56. The summed E-state index contributed by atoms with van der Waals surface area (Å²) in [5.74, 6) is 2.03. The average molecular weight is 193 g/mol. The van der Waals surface area contributed by atoms with Crippen LogP contribution in [0.1, 0.15) is 18.6 Å². The number of rotatable bonds is 2. The zero-order valence-electron chi connectivity index (χ0n) is 7.32. The highest BCUT2D eigenvalue weighted by atomic mass is 32.2. The minimum absolute atomic E-state index is 0.210. The van der Waals surface area contributed by atoms with Crippen molar-refractivity contribution in [3.05, 3.63) is 24.2 Å². The SMILES string of the molecule is N#CC1(Cc2ccco2)CCCS1. The quantitative estimate of drug-likeness (QED) is 0.724. The summed E-state index contributed by atoms with van der Waals surface area (Å²) in [7, 11) is 0. The lowest BCUT2D eigenvalue weighted by Gasteiger charge is -2.16. The number of furan rings is 1. The fourth-order valence-corrected chi connectivity index (χ4v) is 2.94. The molecule has 2 nitrogen and oxygen atoms in total. The summed E-state index contributed by atoms with van der Waals surface area (Å²) < 4.78 is 5.05. The first kappa shape index (κ1) is 8.71. The van der Waals surface area contributed by atoms with Gasteiger partial charge in [0.05, 0.1) is 12.3 Å². The van der Waals surface area contributed by atoms with Crippen LogP contribution in [0.2, 0.25) is 0 Å². The Bertz CT molecular complexity index is 306. The van der Waals surface area contributed by atoms with Crippen molar-refractivity contribution in [2.24, 2.45) is 0 Å². The molecule has 1 unspecified atom stereocenters. The maximum atomic E-state index is 9.10. The molecule has 0 saturated carbocycles. The standard InChI is InChI=1S/C10H11NOS/c11-8-10(4-2-6-13-10)7-9-3-1-5-12-9/h1,3,5H,2,4,6-7H2. The summed E-state index contributed by atoms with van der Waals surface area (Å²) in [5.41, 5.74) is 0. The molecule has 0 amide bonds. The van der Waals surface area contributed by atoms with Gasteiger partial charge in [-0.1, -0.05) is 0 Å². The van der Waals surface area contributed by atoms with Crippen LogP contribution in [0.15, 0.2) is 22.8 Å². The van der Waals surface area contributed by atoms with Crippen molar-refractivity contribution in [3.8, 4) is 6.07 Å². The lowest BCUT2D eigenvalue weighted by atomic mass is 9.99. The normalized spacial score (nSPS) is 27.3. The van der Waals surface area contributed by atoms with E-state index in [9.17, 15) is 0 Å². The molecular weight excluding hydrogens is 182 g/mol. The first-order chi connectivity index (χ1) is 6.35. The molecule has 0 N–H and O–H groups in total. The van der Waals surface area contributed by atoms with Crippen molar-refractivity contribution in [3.63, 3.8) is 0 Å². The van der Waals surface area contributed by atoms with E-state index in [1.54, 1.807) is 18.0 Å². The molecule has 1 aliphatic heterocycles. The van der Waals surface area contributed by atoms with Crippen LogP contribution in [-0.2, 0) is 6.42 Å². The molecule has 1 atom stereocenters. The second-order valence-electron chi connectivity index (χ2n) is 3.31. The molecule has 1 aromatic rings. The molecule has 0 radical (unpaired) electrons. The second-order valence-corrected chi connectivity index (χ2v) is 4.79. The number of nitrogens with zero attached hydrogens (tertiary/aromatic N) is 1. The van der Waals surface area contributed by atoms with Crippen LogP contribution in [0.25, 0.3) is 0 Å². The number of hydrogen-bond donors (Lipinski definition) is 0. The van der Waals surface area contributed by atoms with Crippen LogP contribution < -0.4 is 0 Å². The third kappa shape index (κ3) is 1.73. The van der Waals surface area contributed by atoms with Crippen LogP contribution >= 0.6 is 11.8 Å². The lowest BCUT2D eigenvalue weighted by molar-refractivity contribution is 0.486. The van der Waals surface area contributed by atoms with Crippen LogP contribution in [0, 0.1) is 11.3 Å². The van der Waals surface area contributed by atoms with Crippen LogP contribution in [0.5, 0.6) is 0 Å². The van der Waals surface area contributed by atoms with E-state index in [4.69, 9.17) is 9.68 Å². The van der Waals surface area contributed by atoms with Gasteiger partial charge in [-0.2, -0.15) is 5.26 Å². The fourth-order valence-electron chi connectivity index (χ4n) is 1.66. The number of nitriles is 1. The summed E-state index contributed by atoms with van der Waals surface area (Å²) in [6.45, 7) is 0. The molecule has 2 rings (SSSR count). The van der Waals surface area contributed by atoms with Crippen LogP contribution in [0.3, 0.4) is 0 Å². The Labute approximate surface area is 81.9 Å². The van der Waals surface area contributed by atoms with Gasteiger partial charge in [-0.25, -0.2) is 0 Å². The largest absolute Gasteiger partial charge is 0.469 e. The van der Waals surface area contributed by atoms with E-state index in [0.29, 0.717) is 0 Å². The molecule has 0 aromatic carbocycles. The van der Waals surface area contributed by atoms with Gasteiger partial charge in [0, 0.05) is 6.42 Å². The van der Waals surface area contributed by atoms with Gasteiger partial charge in [0.15, 0.2) is 0 Å². The van der Waals surface area contributed by atoms with E-state index >= 15 is 0 Å². The monoisotopic (exact) mass is 193 g/mol. The molecule has 1 aromatic heterocycles. The molecule has 1 saturated heterocycles. The Morgan fingerprint density at radius 2 is 2.62 bits per heavy atom. The van der Waals surface area contributed by atoms with Crippen molar-refractivity contribution in [1.82, 2.24) is 0 Å². The topological polar surface area (TPSA) is 36.9 Å². The van der Waals surface area contributed by atoms with Crippen LogP contribution in [-0.4, -0.2) is 10.5 Å². The predicted molar refractivity (Wildman–Crippen MR) is 52.4 cm³/mol. The third-order valence-corrected chi connectivity index (χ3v) is 3.83. The molecule has 1 fully saturated rings. The van der Waals surface area contributed by atoms with Gasteiger partial charge in [0.1, 0.15) is 10.5 Å². The Kier molecular flexibility index (Phi) is 2.32. The molecule has 2 heterocycles. The Morgan fingerprint density at radius 1 is 1.69 bits per heavy atom. The minimum Gasteiger partial charge on any atom is -0.469 e.